The third kappa shape index (κ3) is 4.02. The van der Waals surface area contributed by atoms with Crippen LogP contribution in [0.15, 0.2) is 11.6 Å². The number of rotatable bonds is 4. The molecule has 41 heavy (non-hydrogen) atoms. The normalized spacial score (nSPS) is 53.9. The van der Waals surface area contributed by atoms with Gasteiger partial charge >= 0.3 is 5.97 Å². The molecule has 4 saturated carbocycles. The van der Waals surface area contributed by atoms with Crippen LogP contribution in [0.25, 0.3) is 0 Å². The molecule has 0 bridgehead atoms. The summed E-state index contributed by atoms with van der Waals surface area (Å²) < 4.78 is 30.0. The Kier molecular flexibility index (Phi) is 6.46. The molecule has 0 amide bonds. The van der Waals surface area contributed by atoms with Crippen LogP contribution in [0, 0.1) is 28.6 Å². The van der Waals surface area contributed by atoms with Gasteiger partial charge in [0, 0.05) is 24.3 Å². The van der Waals surface area contributed by atoms with E-state index in [4.69, 9.17) is 23.7 Å². The highest BCUT2D eigenvalue weighted by molar-refractivity contribution is 5.85. The van der Waals surface area contributed by atoms with Crippen molar-refractivity contribution in [3.05, 3.63) is 11.6 Å². The van der Waals surface area contributed by atoms with Gasteiger partial charge in [-0.15, -0.1) is 0 Å². The van der Waals surface area contributed by atoms with Crippen molar-refractivity contribution in [2.24, 2.45) is 28.6 Å². The van der Waals surface area contributed by atoms with Crippen molar-refractivity contribution in [3.63, 3.8) is 0 Å². The Morgan fingerprint density at radius 1 is 1.00 bits per heavy atom. The fraction of sp³-hybridized carbons (Fsp3) is 0.875. The van der Waals surface area contributed by atoms with Crippen molar-refractivity contribution in [1.82, 2.24) is 0 Å². The van der Waals surface area contributed by atoms with E-state index in [0.717, 1.165) is 31.1 Å². The van der Waals surface area contributed by atoms with Gasteiger partial charge in [-0.25, -0.2) is 4.79 Å². The zero-order chi connectivity index (χ0) is 29.0. The van der Waals surface area contributed by atoms with Gasteiger partial charge in [-0.1, -0.05) is 6.92 Å². The van der Waals surface area contributed by atoms with Gasteiger partial charge in [0.25, 0.3) is 0 Å². The van der Waals surface area contributed by atoms with E-state index in [1.807, 2.05) is 20.8 Å². The summed E-state index contributed by atoms with van der Waals surface area (Å²) >= 11 is 0. The first-order valence-corrected chi connectivity index (χ1v) is 15.8. The number of carbonyl (C=O) groups is 2. The molecule has 0 radical (unpaired) electrons. The van der Waals surface area contributed by atoms with E-state index in [-0.39, 0.29) is 53.6 Å². The van der Waals surface area contributed by atoms with E-state index >= 15 is 0 Å². The maximum atomic E-state index is 13.1. The van der Waals surface area contributed by atoms with Crippen LogP contribution in [0.3, 0.4) is 0 Å². The molecule has 9 heteroatoms. The van der Waals surface area contributed by atoms with Gasteiger partial charge in [-0.05, 0) is 95.5 Å². The first-order chi connectivity index (χ1) is 19.3. The fourth-order valence-electron chi connectivity index (χ4n) is 10.7. The first kappa shape index (κ1) is 28.4. The Hall–Kier alpha value is -1.36. The minimum absolute atomic E-state index is 0.0739. The van der Waals surface area contributed by atoms with E-state index in [2.05, 4.69) is 6.92 Å². The number of hydrogen-bond acceptors (Lipinski definition) is 9. The zero-order valence-electron chi connectivity index (χ0n) is 24.8. The minimum Gasteiger partial charge on any atom is -0.458 e. The average molecular weight is 575 g/mol. The molecule has 0 aromatic heterocycles. The molecule has 7 rings (SSSR count). The molecule has 0 aromatic rings. The van der Waals surface area contributed by atoms with Crippen molar-refractivity contribution < 1.29 is 43.5 Å². The van der Waals surface area contributed by atoms with Crippen LogP contribution in [0.5, 0.6) is 0 Å². The molecule has 12 atom stereocenters. The van der Waals surface area contributed by atoms with Crippen molar-refractivity contribution in [3.8, 4) is 0 Å². The topological polar surface area (TPSA) is 121 Å². The van der Waals surface area contributed by atoms with Gasteiger partial charge in [-0.2, -0.15) is 0 Å². The predicted molar refractivity (Wildman–Crippen MR) is 145 cm³/mol. The van der Waals surface area contributed by atoms with E-state index in [9.17, 15) is 19.8 Å². The average Bonchev–Trinajstić information content (AvgIpc) is 3.55. The second-order valence-electron chi connectivity index (χ2n) is 14.9. The molecule has 8 unspecified atom stereocenters. The quantitative estimate of drug-likeness (QED) is 0.295. The summed E-state index contributed by atoms with van der Waals surface area (Å²) in [6, 6.07) is 0. The molecule has 0 spiro atoms. The lowest BCUT2D eigenvalue weighted by molar-refractivity contribution is -0.278. The van der Waals surface area contributed by atoms with E-state index < -0.39 is 28.7 Å². The molecule has 0 aromatic carbocycles. The van der Waals surface area contributed by atoms with Gasteiger partial charge in [0.2, 0.25) is 0 Å². The van der Waals surface area contributed by atoms with Crippen LogP contribution in [0.1, 0.15) is 91.9 Å². The molecule has 6 fully saturated rings. The van der Waals surface area contributed by atoms with Gasteiger partial charge in [0.05, 0.1) is 34.9 Å². The highest BCUT2D eigenvalue weighted by atomic mass is 16.8. The molecule has 4 aliphatic carbocycles. The van der Waals surface area contributed by atoms with Crippen molar-refractivity contribution >= 4 is 12.3 Å². The lowest BCUT2D eigenvalue weighted by atomic mass is 9.41. The van der Waals surface area contributed by atoms with Crippen LogP contribution in [-0.4, -0.2) is 76.8 Å². The van der Waals surface area contributed by atoms with Gasteiger partial charge in [0.15, 0.2) is 12.1 Å². The van der Waals surface area contributed by atoms with Crippen LogP contribution in [-0.2, 0) is 33.3 Å². The molecule has 7 aliphatic rings. The van der Waals surface area contributed by atoms with Crippen LogP contribution >= 0.6 is 0 Å². The third-order valence-corrected chi connectivity index (χ3v) is 12.7. The SMILES string of the molecule is C[C@H]1O[C@@H](OC2CC[C@]3(C=O)C4CC[C@]5(C)C(C6=CC(=O)OC6)CCC5(O)C4CCC3(O)C2)CC2OC(C)(C)OC21. The number of carbonyl (C=O) groups excluding carboxylic acids is 2. The highest BCUT2D eigenvalue weighted by Gasteiger charge is 2.71. The maximum absolute atomic E-state index is 13.1. The third-order valence-electron chi connectivity index (χ3n) is 12.7. The Morgan fingerprint density at radius 3 is 2.51 bits per heavy atom. The standard InChI is InChI=1S/C32H46O9/c1-18-27-24(40-28(2,3)41-27)14-26(38-18)39-20-5-10-30(17-33)22-6-9-29(4)21(19-13-25(34)37-16-19)8-12-32(29,36)23(22)7-11-31(30,35)15-20/h13,17-18,20-24,26-27,35-36H,5-12,14-16H2,1-4H3/t18-,20?,21?,22?,23?,24?,26+,27?,29-,30+,31?,32?/m1/s1. The summed E-state index contributed by atoms with van der Waals surface area (Å²) in [5.74, 6) is -1.02. The molecule has 3 aliphatic heterocycles. The molecule has 2 saturated heterocycles. The summed E-state index contributed by atoms with van der Waals surface area (Å²) in [5.41, 5.74) is -2.44. The fourth-order valence-corrected chi connectivity index (χ4v) is 10.7. The number of hydrogen-bond donors (Lipinski definition) is 2. The summed E-state index contributed by atoms with van der Waals surface area (Å²) in [6.45, 7) is 8.28. The lowest BCUT2D eigenvalue weighted by Gasteiger charge is -2.65. The van der Waals surface area contributed by atoms with Crippen LogP contribution in [0.4, 0.5) is 0 Å². The zero-order valence-corrected chi connectivity index (χ0v) is 24.8. The molecule has 9 nitrogen and oxygen atoms in total. The Balaban J connectivity index is 1.08. The molecule has 228 valence electrons. The van der Waals surface area contributed by atoms with Gasteiger partial charge in [-0.3, -0.25) is 0 Å². The number of fused-ring (bicyclic) bond motifs is 6. The van der Waals surface area contributed by atoms with Crippen molar-refractivity contribution in [1.29, 1.82) is 0 Å². The van der Waals surface area contributed by atoms with Gasteiger partial charge < -0.3 is 38.7 Å². The van der Waals surface area contributed by atoms with E-state index in [1.54, 1.807) is 6.08 Å². The molecule has 3 heterocycles. The molecular formula is C32H46O9. The Morgan fingerprint density at radius 2 is 1.78 bits per heavy atom. The minimum atomic E-state index is -1.19. The second-order valence-corrected chi connectivity index (χ2v) is 14.9. The van der Waals surface area contributed by atoms with E-state index in [0.29, 0.717) is 51.6 Å². The Labute approximate surface area is 242 Å². The molecular weight excluding hydrogens is 528 g/mol. The Bertz CT molecular complexity index is 1140. The number of ether oxygens (including phenoxy) is 5. The van der Waals surface area contributed by atoms with Crippen LogP contribution < -0.4 is 0 Å². The molecule has 2 N–H and O–H groups in total. The van der Waals surface area contributed by atoms with Crippen molar-refractivity contribution in [2.75, 3.05) is 6.61 Å². The smallest absolute Gasteiger partial charge is 0.331 e. The second kappa shape index (κ2) is 9.32. The lowest BCUT2D eigenvalue weighted by Crippen LogP contribution is -2.69. The van der Waals surface area contributed by atoms with Crippen molar-refractivity contribution in [2.45, 2.75) is 140 Å². The number of aliphatic hydroxyl groups is 2. The summed E-state index contributed by atoms with van der Waals surface area (Å²) in [5, 5.41) is 24.7. The largest absolute Gasteiger partial charge is 0.458 e. The predicted octanol–water partition coefficient (Wildman–Crippen LogP) is 3.58. The summed E-state index contributed by atoms with van der Waals surface area (Å²) in [6.07, 6.45) is 7.78. The summed E-state index contributed by atoms with van der Waals surface area (Å²) in [4.78, 5) is 24.9. The maximum Gasteiger partial charge on any atom is 0.331 e. The monoisotopic (exact) mass is 574 g/mol. The van der Waals surface area contributed by atoms with Crippen LogP contribution in [0.2, 0.25) is 0 Å². The first-order valence-electron chi connectivity index (χ1n) is 15.8. The number of aldehydes is 1. The summed E-state index contributed by atoms with van der Waals surface area (Å²) in [7, 11) is 0. The number of cyclic esters (lactones) is 1. The van der Waals surface area contributed by atoms with E-state index in [1.165, 1.54) is 0 Å². The van der Waals surface area contributed by atoms with Gasteiger partial charge in [0.1, 0.15) is 19.0 Å². The number of esters is 1. The highest BCUT2D eigenvalue weighted by Crippen LogP contribution is 2.70.